The van der Waals surface area contributed by atoms with Gasteiger partial charge in [0, 0.05) is 5.33 Å². The highest BCUT2D eigenvalue weighted by Gasteiger charge is 2.16. The van der Waals surface area contributed by atoms with Gasteiger partial charge < -0.3 is 0 Å². The van der Waals surface area contributed by atoms with Crippen LogP contribution >= 0.6 is 15.9 Å². The van der Waals surface area contributed by atoms with Crippen LogP contribution in [-0.2, 0) is 6.42 Å². The van der Waals surface area contributed by atoms with Crippen molar-refractivity contribution in [3.63, 3.8) is 0 Å². The number of hydrogen-bond donors (Lipinski definition) is 0. The number of halogens is 1. The molecule has 1 aromatic carbocycles. The third kappa shape index (κ3) is 3.98. The maximum atomic E-state index is 3.57. The first-order valence-corrected chi connectivity index (χ1v) is 6.71. The van der Waals surface area contributed by atoms with E-state index in [1.165, 1.54) is 11.1 Å². The lowest BCUT2D eigenvalue weighted by Gasteiger charge is -2.21. The van der Waals surface area contributed by atoms with Crippen LogP contribution in [0.4, 0.5) is 0 Å². The number of benzene rings is 1. The fourth-order valence-electron chi connectivity index (χ4n) is 1.62. The summed E-state index contributed by atoms with van der Waals surface area (Å²) in [6.45, 7) is 9.05. The van der Waals surface area contributed by atoms with E-state index in [-0.39, 0.29) is 0 Å². The Hall–Kier alpha value is -0.300. The van der Waals surface area contributed by atoms with Gasteiger partial charge in [-0.25, -0.2) is 0 Å². The molecule has 0 N–H and O–H groups in total. The van der Waals surface area contributed by atoms with Crippen LogP contribution in [0.25, 0.3) is 0 Å². The topological polar surface area (TPSA) is 0 Å². The third-order valence-corrected chi connectivity index (χ3v) is 4.21. The highest BCUT2D eigenvalue weighted by molar-refractivity contribution is 9.09. The van der Waals surface area contributed by atoms with Crippen LogP contribution in [0, 0.1) is 5.41 Å². The van der Waals surface area contributed by atoms with Crippen LogP contribution in [0.5, 0.6) is 0 Å². The smallest absolute Gasteiger partial charge is 0.00858 e. The van der Waals surface area contributed by atoms with Crippen molar-refractivity contribution < 1.29 is 0 Å². The maximum Gasteiger partial charge on any atom is 0.00858 e. The Morgan fingerprint density at radius 2 is 1.67 bits per heavy atom. The lowest BCUT2D eigenvalue weighted by molar-refractivity contribution is 0.425. The van der Waals surface area contributed by atoms with Gasteiger partial charge >= 0.3 is 0 Å². The second-order valence-electron chi connectivity index (χ2n) is 5.37. The molecule has 0 amide bonds. The first-order chi connectivity index (χ1) is 6.94. The van der Waals surface area contributed by atoms with Crippen LogP contribution in [0.3, 0.4) is 0 Å². The summed E-state index contributed by atoms with van der Waals surface area (Å²) in [6.07, 6.45) is 1.14. The largest absolute Gasteiger partial charge is 0.0922 e. The van der Waals surface area contributed by atoms with E-state index in [0.717, 1.165) is 11.8 Å². The highest BCUT2D eigenvalue weighted by Crippen LogP contribution is 2.25. The summed E-state index contributed by atoms with van der Waals surface area (Å²) in [7, 11) is 0. The van der Waals surface area contributed by atoms with Crippen LogP contribution in [0.1, 0.15) is 44.7 Å². The predicted octanol–water partition coefficient (Wildman–Crippen LogP) is 4.77. The summed E-state index contributed by atoms with van der Waals surface area (Å²) in [6, 6.07) is 9.04. The molecule has 0 bridgehead atoms. The molecule has 0 aromatic heterocycles. The zero-order valence-electron chi connectivity index (χ0n) is 10.2. The van der Waals surface area contributed by atoms with Crippen molar-refractivity contribution in [1.82, 2.24) is 0 Å². The van der Waals surface area contributed by atoms with Gasteiger partial charge in [-0.05, 0) is 28.9 Å². The molecule has 0 aliphatic heterocycles. The van der Waals surface area contributed by atoms with Gasteiger partial charge in [0.05, 0.1) is 0 Å². The zero-order valence-corrected chi connectivity index (χ0v) is 11.8. The summed E-state index contributed by atoms with van der Waals surface area (Å²) in [5.74, 6) is 0.628. The standard InChI is InChI=1S/C14H21Br/c1-11(2)13-7-5-12(6-8-13)9-14(3,4)10-15/h5-8,11H,9-10H2,1-4H3. The van der Waals surface area contributed by atoms with Crippen LogP contribution in [-0.4, -0.2) is 5.33 Å². The van der Waals surface area contributed by atoms with E-state index in [2.05, 4.69) is 67.9 Å². The molecule has 0 atom stereocenters. The van der Waals surface area contributed by atoms with Crippen molar-refractivity contribution in [2.75, 3.05) is 5.33 Å². The first kappa shape index (κ1) is 12.8. The molecule has 1 rings (SSSR count). The van der Waals surface area contributed by atoms with Gasteiger partial charge in [-0.2, -0.15) is 0 Å². The summed E-state index contributed by atoms with van der Waals surface area (Å²) in [4.78, 5) is 0. The number of alkyl halides is 1. The molecule has 0 fully saturated rings. The maximum absolute atomic E-state index is 3.57. The van der Waals surface area contributed by atoms with Crippen molar-refractivity contribution >= 4 is 15.9 Å². The van der Waals surface area contributed by atoms with E-state index in [1.54, 1.807) is 0 Å². The van der Waals surface area contributed by atoms with Crippen molar-refractivity contribution in [3.05, 3.63) is 35.4 Å². The Kier molecular flexibility index (Phi) is 4.39. The molecule has 15 heavy (non-hydrogen) atoms. The molecule has 0 heterocycles. The predicted molar refractivity (Wildman–Crippen MR) is 71.8 cm³/mol. The molecular weight excluding hydrogens is 248 g/mol. The van der Waals surface area contributed by atoms with E-state index < -0.39 is 0 Å². The molecule has 0 saturated heterocycles. The molecular formula is C14H21Br. The minimum atomic E-state index is 0.347. The van der Waals surface area contributed by atoms with E-state index in [0.29, 0.717) is 11.3 Å². The quantitative estimate of drug-likeness (QED) is 0.690. The normalized spacial score (nSPS) is 12.1. The Labute approximate surface area is 102 Å². The molecule has 1 heteroatoms. The third-order valence-electron chi connectivity index (χ3n) is 2.69. The molecule has 0 aliphatic rings. The minimum absolute atomic E-state index is 0.347. The molecule has 0 unspecified atom stereocenters. The molecule has 0 radical (unpaired) electrons. The van der Waals surface area contributed by atoms with Gasteiger partial charge in [-0.3, -0.25) is 0 Å². The number of rotatable bonds is 4. The van der Waals surface area contributed by atoms with E-state index in [1.807, 2.05) is 0 Å². The van der Waals surface area contributed by atoms with Gasteiger partial charge in [-0.15, -0.1) is 0 Å². The van der Waals surface area contributed by atoms with E-state index in [4.69, 9.17) is 0 Å². The fourth-order valence-corrected chi connectivity index (χ4v) is 1.82. The first-order valence-electron chi connectivity index (χ1n) is 5.59. The fraction of sp³-hybridized carbons (Fsp3) is 0.571. The summed E-state index contributed by atoms with van der Waals surface area (Å²) in [5, 5.41) is 1.05. The lowest BCUT2D eigenvalue weighted by atomic mass is 9.87. The zero-order chi connectivity index (χ0) is 11.5. The van der Waals surface area contributed by atoms with E-state index in [9.17, 15) is 0 Å². The molecule has 0 aliphatic carbocycles. The molecule has 0 nitrogen and oxygen atoms in total. The Morgan fingerprint density at radius 1 is 1.13 bits per heavy atom. The van der Waals surface area contributed by atoms with Crippen molar-refractivity contribution in [2.24, 2.45) is 5.41 Å². The number of hydrogen-bond acceptors (Lipinski definition) is 0. The molecule has 1 aromatic rings. The van der Waals surface area contributed by atoms with Gasteiger partial charge in [0.2, 0.25) is 0 Å². The monoisotopic (exact) mass is 268 g/mol. The van der Waals surface area contributed by atoms with E-state index >= 15 is 0 Å². The van der Waals surface area contributed by atoms with Gasteiger partial charge in [0.25, 0.3) is 0 Å². The summed E-state index contributed by atoms with van der Waals surface area (Å²) in [5.41, 5.74) is 3.21. The lowest BCUT2D eigenvalue weighted by Crippen LogP contribution is -2.16. The minimum Gasteiger partial charge on any atom is -0.0922 e. The van der Waals surface area contributed by atoms with Gasteiger partial charge in [0.15, 0.2) is 0 Å². The Morgan fingerprint density at radius 3 is 2.07 bits per heavy atom. The van der Waals surface area contributed by atoms with Crippen LogP contribution < -0.4 is 0 Å². The summed E-state index contributed by atoms with van der Waals surface area (Å²) >= 11 is 3.57. The van der Waals surface area contributed by atoms with Crippen LogP contribution in [0.15, 0.2) is 24.3 Å². The highest BCUT2D eigenvalue weighted by atomic mass is 79.9. The van der Waals surface area contributed by atoms with Crippen molar-refractivity contribution in [1.29, 1.82) is 0 Å². The van der Waals surface area contributed by atoms with Crippen LogP contribution in [0.2, 0.25) is 0 Å². The van der Waals surface area contributed by atoms with Gasteiger partial charge in [-0.1, -0.05) is 67.9 Å². The Bertz CT molecular complexity index is 296. The Balaban J connectivity index is 2.73. The average Bonchev–Trinajstić information content (AvgIpc) is 2.18. The second kappa shape index (κ2) is 5.16. The summed E-state index contributed by atoms with van der Waals surface area (Å²) < 4.78 is 0. The van der Waals surface area contributed by atoms with Crippen molar-refractivity contribution in [3.8, 4) is 0 Å². The molecule has 0 saturated carbocycles. The molecule has 84 valence electrons. The van der Waals surface area contributed by atoms with Crippen molar-refractivity contribution in [2.45, 2.75) is 40.0 Å². The van der Waals surface area contributed by atoms with Gasteiger partial charge in [0.1, 0.15) is 0 Å². The second-order valence-corrected chi connectivity index (χ2v) is 5.93. The molecule has 0 spiro atoms. The average molecular weight is 269 g/mol. The SMILES string of the molecule is CC(C)c1ccc(CC(C)(C)CBr)cc1.